The zero-order valence-electron chi connectivity index (χ0n) is 16.7. The Hall–Kier alpha value is 1.27. The number of rotatable bonds is 19. The Morgan fingerprint density at radius 1 is 0.760 bits per heavy atom. The summed E-state index contributed by atoms with van der Waals surface area (Å²) in [5, 5.41) is 0. The second kappa shape index (κ2) is 18.6. The minimum absolute atomic E-state index is 0.200. The van der Waals surface area contributed by atoms with Gasteiger partial charge in [0.05, 0.1) is 18.2 Å². The van der Waals surface area contributed by atoms with E-state index in [2.05, 4.69) is 32.4 Å². The zero-order valence-corrected chi connectivity index (χ0v) is 20.1. The Balaban J connectivity index is 4.10. The van der Waals surface area contributed by atoms with Crippen LogP contribution in [-0.2, 0) is 20.9 Å². The number of hydrogen-bond donors (Lipinski definition) is 1. The molecule has 0 heterocycles. The van der Waals surface area contributed by atoms with Crippen LogP contribution in [0, 0.1) is 0 Å². The van der Waals surface area contributed by atoms with Crippen LogP contribution in [0.5, 0.6) is 0 Å². The van der Waals surface area contributed by atoms with Crippen LogP contribution in [-0.4, -0.2) is 18.2 Å². The van der Waals surface area contributed by atoms with Crippen molar-refractivity contribution in [3.8, 4) is 0 Å². The maximum absolute atomic E-state index is 6.16. The molecule has 0 aromatic rings. The Labute approximate surface area is 172 Å². The molecule has 25 heavy (non-hydrogen) atoms. The highest BCUT2D eigenvalue weighted by Gasteiger charge is 2.29. The fraction of sp³-hybridized carbons (Fsp3) is 1.00. The lowest BCUT2D eigenvalue weighted by Crippen LogP contribution is -2.09. The summed E-state index contributed by atoms with van der Waals surface area (Å²) in [5.74, 6) is 0. The molecule has 0 aromatic carbocycles. The predicted molar refractivity (Wildman–Crippen MR) is 124 cm³/mol. The molecule has 0 aromatic heterocycles. The smallest absolute Gasteiger partial charge is 0.202 e. The van der Waals surface area contributed by atoms with Crippen molar-refractivity contribution in [1.82, 2.24) is 0 Å². The van der Waals surface area contributed by atoms with Gasteiger partial charge in [0.2, 0.25) is 6.49 Å². The van der Waals surface area contributed by atoms with E-state index < -0.39 is 6.49 Å². The Kier molecular flexibility index (Phi) is 19.6. The SMILES string of the molecule is CCCCCCCCOP(=S)(OCCCCCCCC)C(CC)SS. The third-order valence-corrected chi connectivity index (χ3v) is 11.3. The molecule has 0 amide bonds. The van der Waals surface area contributed by atoms with E-state index in [4.69, 9.17) is 20.9 Å². The maximum atomic E-state index is 6.16. The molecule has 1 unspecified atom stereocenters. The van der Waals surface area contributed by atoms with E-state index in [1.165, 1.54) is 75.0 Å². The zero-order chi connectivity index (χ0) is 18.8. The third kappa shape index (κ3) is 14.0. The summed E-state index contributed by atoms with van der Waals surface area (Å²) >= 11 is 10.3. The Bertz CT molecular complexity index is 304. The molecule has 0 radical (unpaired) electrons. The van der Waals surface area contributed by atoms with Gasteiger partial charge in [0.1, 0.15) is 0 Å². The number of thiol groups is 1. The van der Waals surface area contributed by atoms with Crippen molar-refractivity contribution in [1.29, 1.82) is 0 Å². The first-order valence-corrected chi connectivity index (χ1v) is 15.0. The van der Waals surface area contributed by atoms with Crippen molar-refractivity contribution >= 4 is 40.8 Å². The van der Waals surface area contributed by atoms with Crippen molar-refractivity contribution in [3.63, 3.8) is 0 Å². The van der Waals surface area contributed by atoms with E-state index in [9.17, 15) is 0 Å². The van der Waals surface area contributed by atoms with Crippen LogP contribution in [0.25, 0.3) is 0 Å². The molecule has 0 saturated carbocycles. The molecule has 0 spiro atoms. The molecule has 0 rings (SSSR count). The minimum Gasteiger partial charge on any atom is -0.329 e. The van der Waals surface area contributed by atoms with Gasteiger partial charge in [-0.15, -0.1) is 11.7 Å². The van der Waals surface area contributed by atoms with Gasteiger partial charge in [-0.25, -0.2) is 0 Å². The monoisotopic (exact) mass is 428 g/mol. The standard InChI is InChI=1S/C19H41O2PS3/c1-4-7-9-11-13-15-17-20-22(23,19(6-3)25-24)21-18-16-14-12-10-8-5-2/h19,24H,4-18H2,1-3H3. The van der Waals surface area contributed by atoms with Crippen molar-refractivity contribution in [2.75, 3.05) is 13.2 Å². The van der Waals surface area contributed by atoms with Gasteiger partial charge in [-0.2, -0.15) is 0 Å². The van der Waals surface area contributed by atoms with E-state index in [0.717, 1.165) is 32.5 Å². The Morgan fingerprint density at radius 3 is 1.52 bits per heavy atom. The maximum Gasteiger partial charge on any atom is 0.202 e. The number of hydrogen-bond acceptors (Lipinski definition) is 5. The predicted octanol–water partition coefficient (Wildman–Crippen LogP) is 8.36. The largest absolute Gasteiger partial charge is 0.329 e. The fourth-order valence-corrected chi connectivity index (χ4v) is 8.73. The average molecular weight is 429 g/mol. The lowest BCUT2D eigenvalue weighted by atomic mass is 10.1. The topological polar surface area (TPSA) is 18.5 Å². The summed E-state index contributed by atoms with van der Waals surface area (Å²) in [6.07, 6.45) is 16.2. The molecule has 0 saturated heterocycles. The van der Waals surface area contributed by atoms with Crippen LogP contribution < -0.4 is 0 Å². The van der Waals surface area contributed by atoms with Gasteiger partial charge in [-0.05, 0) is 31.1 Å². The van der Waals surface area contributed by atoms with Gasteiger partial charge in [0, 0.05) is 0 Å². The molecule has 6 heteroatoms. The highest BCUT2D eigenvalue weighted by molar-refractivity contribution is 8.70. The molecular formula is C19H41O2PS3. The first kappa shape index (κ1) is 26.3. The van der Waals surface area contributed by atoms with Crippen LogP contribution >= 0.6 is 28.9 Å². The summed E-state index contributed by atoms with van der Waals surface area (Å²) in [4.78, 5) is 0.200. The summed E-state index contributed by atoms with van der Waals surface area (Å²) < 4.78 is 12.3. The lowest BCUT2D eigenvalue weighted by molar-refractivity contribution is 0.235. The van der Waals surface area contributed by atoms with E-state index in [-0.39, 0.29) is 4.99 Å². The molecule has 0 N–H and O–H groups in total. The van der Waals surface area contributed by atoms with Gasteiger partial charge >= 0.3 is 0 Å². The molecule has 0 aliphatic carbocycles. The van der Waals surface area contributed by atoms with Crippen LogP contribution in [0.1, 0.15) is 104 Å². The summed E-state index contributed by atoms with van der Waals surface area (Å²) in [6.45, 7) is 5.90. The van der Waals surface area contributed by atoms with Crippen LogP contribution in [0.2, 0.25) is 0 Å². The molecule has 152 valence electrons. The molecule has 1 atom stereocenters. The summed E-state index contributed by atoms with van der Waals surface area (Å²) in [5.41, 5.74) is 0. The van der Waals surface area contributed by atoms with Crippen LogP contribution in [0.4, 0.5) is 0 Å². The lowest BCUT2D eigenvalue weighted by Gasteiger charge is -2.28. The first-order valence-electron chi connectivity index (χ1n) is 10.3. The average Bonchev–Trinajstić information content (AvgIpc) is 2.61. The minimum atomic E-state index is -2.23. The highest BCUT2D eigenvalue weighted by atomic mass is 33.1. The van der Waals surface area contributed by atoms with Crippen molar-refractivity contribution < 1.29 is 9.05 Å². The molecule has 0 aliphatic rings. The number of unbranched alkanes of at least 4 members (excludes halogenated alkanes) is 10. The van der Waals surface area contributed by atoms with Crippen molar-refractivity contribution in [2.24, 2.45) is 0 Å². The van der Waals surface area contributed by atoms with Gasteiger partial charge < -0.3 is 9.05 Å². The molecule has 0 aliphatic heterocycles. The second-order valence-corrected chi connectivity index (χ2v) is 12.2. The van der Waals surface area contributed by atoms with E-state index in [1.807, 2.05) is 0 Å². The van der Waals surface area contributed by atoms with Crippen molar-refractivity contribution in [2.45, 2.75) is 109 Å². The van der Waals surface area contributed by atoms with Crippen LogP contribution in [0.15, 0.2) is 0 Å². The van der Waals surface area contributed by atoms with E-state index in [0.29, 0.717) is 0 Å². The van der Waals surface area contributed by atoms with E-state index >= 15 is 0 Å². The van der Waals surface area contributed by atoms with Gasteiger partial charge in [-0.1, -0.05) is 95.8 Å². The second-order valence-electron chi connectivity index (χ2n) is 6.71. The summed E-state index contributed by atoms with van der Waals surface area (Å²) in [7, 11) is 1.52. The third-order valence-electron chi connectivity index (χ3n) is 4.36. The molecule has 2 nitrogen and oxygen atoms in total. The molecular weight excluding hydrogens is 387 g/mol. The van der Waals surface area contributed by atoms with Gasteiger partial charge in [-0.3, -0.25) is 0 Å². The van der Waals surface area contributed by atoms with Crippen molar-refractivity contribution in [3.05, 3.63) is 0 Å². The fourth-order valence-electron chi connectivity index (χ4n) is 2.71. The molecule has 0 fully saturated rings. The quantitative estimate of drug-likeness (QED) is 0.0963. The molecule has 0 bridgehead atoms. The van der Waals surface area contributed by atoms with E-state index in [1.54, 1.807) is 0 Å². The van der Waals surface area contributed by atoms with Gasteiger partial charge in [0.15, 0.2) is 0 Å². The highest BCUT2D eigenvalue weighted by Crippen LogP contribution is 2.59. The van der Waals surface area contributed by atoms with Gasteiger partial charge in [0.25, 0.3) is 0 Å². The first-order chi connectivity index (χ1) is 12.1. The Morgan fingerprint density at radius 2 is 1.16 bits per heavy atom. The van der Waals surface area contributed by atoms with Crippen LogP contribution in [0.3, 0.4) is 0 Å². The summed E-state index contributed by atoms with van der Waals surface area (Å²) in [6, 6.07) is 0. The normalized spacial score (nSPS) is 13.3.